The first kappa shape index (κ1) is 20.5. The van der Waals surface area contributed by atoms with Crippen molar-refractivity contribution in [2.24, 2.45) is 0 Å². The number of piperidine rings is 1. The molecule has 4 nitrogen and oxygen atoms in total. The Morgan fingerprint density at radius 3 is 2.61 bits per heavy atom. The normalized spacial score (nSPS) is 22.0. The number of nitrogens with zero attached hydrogens (tertiary/aromatic N) is 2. The van der Waals surface area contributed by atoms with Gasteiger partial charge in [0.1, 0.15) is 0 Å². The molecule has 31 heavy (non-hydrogen) atoms. The van der Waals surface area contributed by atoms with Gasteiger partial charge in [-0.2, -0.15) is 0 Å². The summed E-state index contributed by atoms with van der Waals surface area (Å²) in [6, 6.07) is 19.0. The fourth-order valence-corrected chi connectivity index (χ4v) is 5.56. The summed E-state index contributed by atoms with van der Waals surface area (Å²) in [6.45, 7) is 5.04. The van der Waals surface area contributed by atoms with E-state index >= 15 is 0 Å². The van der Waals surface area contributed by atoms with Gasteiger partial charge in [0.15, 0.2) is 0 Å². The lowest BCUT2D eigenvalue weighted by Gasteiger charge is -2.39. The van der Waals surface area contributed by atoms with Crippen molar-refractivity contribution in [1.82, 2.24) is 10.2 Å². The number of benzene rings is 2. The molecule has 2 heterocycles. The lowest BCUT2D eigenvalue weighted by atomic mass is 9.74. The molecule has 0 aromatic heterocycles. The molecule has 2 aromatic carbocycles. The van der Waals surface area contributed by atoms with E-state index in [1.54, 1.807) is 0 Å². The molecule has 2 aromatic rings. The fourth-order valence-electron chi connectivity index (χ4n) is 5.56. The topological polar surface area (TPSA) is 35.6 Å². The first-order valence-electron chi connectivity index (χ1n) is 11.9. The number of hydrogen-bond acceptors (Lipinski definition) is 3. The van der Waals surface area contributed by atoms with Gasteiger partial charge in [-0.1, -0.05) is 54.6 Å². The molecule has 3 aliphatic rings. The number of fused-ring (bicyclic) bond motifs is 2. The number of rotatable bonds is 6. The highest BCUT2D eigenvalue weighted by Gasteiger charge is 2.37. The van der Waals surface area contributed by atoms with Crippen LogP contribution in [0.25, 0.3) is 6.08 Å². The number of hydrogen-bond donors (Lipinski definition) is 1. The average molecular weight is 416 g/mol. The lowest BCUT2D eigenvalue weighted by Crippen LogP contribution is -2.45. The van der Waals surface area contributed by atoms with Crippen LogP contribution in [0.4, 0.5) is 5.69 Å². The molecule has 0 unspecified atom stereocenters. The van der Waals surface area contributed by atoms with Gasteiger partial charge in [-0.15, -0.1) is 0 Å². The maximum Gasteiger partial charge on any atom is 0.244 e. The van der Waals surface area contributed by atoms with Crippen LogP contribution in [0.1, 0.15) is 43.2 Å². The number of allylic oxidation sites excluding steroid dienone is 1. The van der Waals surface area contributed by atoms with Crippen molar-refractivity contribution in [2.45, 2.75) is 43.6 Å². The minimum Gasteiger partial charge on any atom is -0.311 e. The Kier molecular flexibility index (Phi) is 5.93. The van der Waals surface area contributed by atoms with Crippen LogP contribution < -0.4 is 10.2 Å². The average Bonchev–Trinajstić information content (AvgIpc) is 3.48. The first-order chi connectivity index (χ1) is 15.3. The van der Waals surface area contributed by atoms with Crippen LogP contribution in [-0.4, -0.2) is 49.6 Å². The molecule has 4 heteroatoms. The largest absolute Gasteiger partial charge is 0.311 e. The second-order valence-electron chi connectivity index (χ2n) is 9.25. The van der Waals surface area contributed by atoms with Crippen molar-refractivity contribution in [3.63, 3.8) is 0 Å². The number of carbonyl (C=O) groups is 1. The van der Waals surface area contributed by atoms with Gasteiger partial charge in [-0.3, -0.25) is 4.79 Å². The monoisotopic (exact) mass is 415 g/mol. The molecule has 162 valence electrons. The Morgan fingerprint density at radius 1 is 1.06 bits per heavy atom. The number of likely N-dealkylation sites (tertiary alicyclic amines) is 1. The van der Waals surface area contributed by atoms with Crippen LogP contribution in [0.5, 0.6) is 0 Å². The Labute approximate surface area is 185 Å². The Balaban J connectivity index is 1.17. The summed E-state index contributed by atoms with van der Waals surface area (Å²) in [5.74, 6) is 0.231. The van der Waals surface area contributed by atoms with Crippen molar-refractivity contribution in [3.05, 3.63) is 71.8 Å². The molecule has 1 aliphatic carbocycles. The third-order valence-electron chi connectivity index (χ3n) is 7.38. The summed E-state index contributed by atoms with van der Waals surface area (Å²) in [6.07, 6.45) is 10.2. The van der Waals surface area contributed by atoms with Gasteiger partial charge in [-0.05, 0) is 81.5 Å². The van der Waals surface area contributed by atoms with E-state index in [0.29, 0.717) is 0 Å². The molecule has 1 amide bonds. The molecule has 0 radical (unpaired) electrons. The predicted molar refractivity (Wildman–Crippen MR) is 127 cm³/mol. The zero-order valence-corrected chi connectivity index (χ0v) is 18.3. The maximum atomic E-state index is 13.2. The van der Waals surface area contributed by atoms with Crippen LogP contribution in [0.3, 0.4) is 0 Å². The van der Waals surface area contributed by atoms with E-state index in [9.17, 15) is 4.79 Å². The number of amides is 1. The molecular weight excluding hydrogens is 382 g/mol. The zero-order valence-electron chi connectivity index (χ0n) is 18.3. The van der Waals surface area contributed by atoms with E-state index < -0.39 is 0 Å². The minimum atomic E-state index is -0.0238. The molecule has 0 saturated carbocycles. The van der Waals surface area contributed by atoms with E-state index in [0.717, 1.165) is 57.7 Å². The summed E-state index contributed by atoms with van der Waals surface area (Å²) >= 11 is 0. The second kappa shape index (κ2) is 8.97. The summed E-state index contributed by atoms with van der Waals surface area (Å²) in [5, 5.41) is 3.37. The Morgan fingerprint density at radius 2 is 1.84 bits per heavy atom. The summed E-state index contributed by atoms with van der Waals surface area (Å²) in [5.41, 5.74) is 4.17. The molecule has 1 N–H and O–H groups in total. The van der Waals surface area contributed by atoms with E-state index in [-0.39, 0.29) is 17.4 Å². The van der Waals surface area contributed by atoms with E-state index in [2.05, 4.69) is 58.8 Å². The van der Waals surface area contributed by atoms with Crippen molar-refractivity contribution < 1.29 is 4.79 Å². The third-order valence-corrected chi connectivity index (χ3v) is 7.38. The van der Waals surface area contributed by atoms with Crippen LogP contribution in [0.15, 0.2) is 60.7 Å². The third kappa shape index (κ3) is 4.19. The molecule has 2 fully saturated rings. The van der Waals surface area contributed by atoms with Crippen molar-refractivity contribution in [2.75, 3.05) is 37.6 Å². The molecule has 1 atom stereocenters. The number of anilines is 1. The van der Waals surface area contributed by atoms with Gasteiger partial charge in [0.2, 0.25) is 5.91 Å². The molecule has 2 aliphatic heterocycles. The van der Waals surface area contributed by atoms with Gasteiger partial charge >= 0.3 is 0 Å². The van der Waals surface area contributed by atoms with E-state index in [1.807, 2.05) is 23.1 Å². The van der Waals surface area contributed by atoms with Crippen LogP contribution in [-0.2, 0) is 10.2 Å². The quantitative estimate of drug-likeness (QED) is 0.767. The SMILES string of the molecule is O=C([C@@H]1CCCN1)N(CCCN1CCC2(C=Cc3ccccc32)CC1)c1ccccc1. The maximum absolute atomic E-state index is 13.2. The van der Waals surface area contributed by atoms with Crippen molar-refractivity contribution in [3.8, 4) is 0 Å². The van der Waals surface area contributed by atoms with E-state index in [1.165, 1.54) is 24.0 Å². The van der Waals surface area contributed by atoms with Gasteiger partial charge in [0, 0.05) is 17.6 Å². The molecule has 2 saturated heterocycles. The minimum absolute atomic E-state index is 0.0238. The lowest BCUT2D eigenvalue weighted by molar-refractivity contribution is -0.120. The molecule has 0 bridgehead atoms. The summed E-state index contributed by atoms with van der Waals surface area (Å²) < 4.78 is 0. The van der Waals surface area contributed by atoms with Crippen LogP contribution in [0.2, 0.25) is 0 Å². The Hall–Kier alpha value is -2.43. The Bertz CT molecular complexity index is 925. The van der Waals surface area contributed by atoms with Crippen molar-refractivity contribution >= 4 is 17.7 Å². The van der Waals surface area contributed by atoms with Gasteiger partial charge in [-0.25, -0.2) is 0 Å². The van der Waals surface area contributed by atoms with Crippen LogP contribution in [0, 0.1) is 0 Å². The van der Waals surface area contributed by atoms with Gasteiger partial charge in [0.25, 0.3) is 0 Å². The van der Waals surface area contributed by atoms with E-state index in [4.69, 9.17) is 0 Å². The fraction of sp³-hybridized carbons (Fsp3) is 0.444. The smallest absolute Gasteiger partial charge is 0.244 e. The summed E-state index contributed by atoms with van der Waals surface area (Å²) in [7, 11) is 0. The molecule has 1 spiro atoms. The van der Waals surface area contributed by atoms with Crippen LogP contribution >= 0.6 is 0 Å². The molecule has 5 rings (SSSR count). The zero-order chi connectivity index (χ0) is 21.1. The highest BCUT2D eigenvalue weighted by atomic mass is 16.2. The number of nitrogens with one attached hydrogen (secondary N) is 1. The van der Waals surface area contributed by atoms with Gasteiger partial charge in [0.05, 0.1) is 6.04 Å². The number of para-hydroxylation sites is 1. The van der Waals surface area contributed by atoms with Gasteiger partial charge < -0.3 is 15.1 Å². The predicted octanol–water partition coefficient (Wildman–Crippen LogP) is 4.22. The first-order valence-corrected chi connectivity index (χ1v) is 11.9. The highest BCUT2D eigenvalue weighted by molar-refractivity contribution is 5.97. The number of carbonyl (C=O) groups excluding carboxylic acids is 1. The second-order valence-corrected chi connectivity index (χ2v) is 9.25. The molecular formula is C27H33N3O. The van der Waals surface area contributed by atoms with Crippen molar-refractivity contribution in [1.29, 1.82) is 0 Å². The summed E-state index contributed by atoms with van der Waals surface area (Å²) in [4.78, 5) is 17.7. The standard InChI is InChI=1S/C27H33N3O/c31-26(25-12-6-17-28-25)30(23-9-2-1-3-10-23)19-7-18-29-20-15-27(16-21-29)14-13-22-8-4-5-11-24(22)27/h1-5,8-11,13-14,25,28H,6-7,12,15-21H2/t25-/m0/s1. The highest BCUT2D eigenvalue weighted by Crippen LogP contribution is 2.43.